The molecule has 100 valence electrons. The average molecular weight is 256 g/mol. The Morgan fingerprint density at radius 1 is 1.35 bits per heavy atom. The highest BCUT2D eigenvalue weighted by Gasteiger charge is 2.35. The van der Waals surface area contributed by atoms with Gasteiger partial charge < -0.3 is 4.18 Å². The largest absolute Gasteiger partial charge is 0.333 e. The molecule has 3 atom stereocenters. The van der Waals surface area contributed by atoms with Gasteiger partial charge in [0.1, 0.15) is 0 Å². The summed E-state index contributed by atoms with van der Waals surface area (Å²) >= 11 is 0. The summed E-state index contributed by atoms with van der Waals surface area (Å²) in [5.74, 6) is 4.48. The monoisotopic (exact) mass is 256 g/mol. The Bertz CT molecular complexity index is 286. The maximum Gasteiger partial charge on any atom is 0.0712 e. The molecule has 1 rings (SSSR count). The fraction of sp³-hybridized carbons (Fsp3) is 0.867. The van der Waals surface area contributed by atoms with E-state index in [9.17, 15) is 0 Å². The van der Waals surface area contributed by atoms with E-state index in [0.717, 1.165) is 12.2 Å². The van der Waals surface area contributed by atoms with Gasteiger partial charge in [0.25, 0.3) is 0 Å². The van der Waals surface area contributed by atoms with Gasteiger partial charge in [-0.25, -0.2) is 0 Å². The minimum absolute atomic E-state index is 0.255. The summed E-state index contributed by atoms with van der Waals surface area (Å²) in [5, 5.41) is 0. The quantitative estimate of drug-likeness (QED) is 0.682. The van der Waals surface area contributed by atoms with Crippen molar-refractivity contribution in [1.82, 2.24) is 0 Å². The van der Waals surface area contributed by atoms with Crippen LogP contribution in [0, 0.1) is 18.3 Å². The predicted octanol–water partition coefficient (Wildman–Crippen LogP) is 4.36. The topological polar surface area (TPSA) is 9.23 Å². The second-order valence-electron chi connectivity index (χ2n) is 6.15. The number of hydrogen-bond donors (Lipinski definition) is 0. The van der Waals surface area contributed by atoms with Crippen LogP contribution in [0.4, 0.5) is 0 Å². The molecule has 1 saturated carbocycles. The van der Waals surface area contributed by atoms with Crippen LogP contribution in [0.1, 0.15) is 53.4 Å². The van der Waals surface area contributed by atoms with Crippen LogP contribution < -0.4 is 0 Å². The summed E-state index contributed by atoms with van der Waals surface area (Å²) in [7, 11) is -0.993. The Balaban J connectivity index is 2.66. The highest BCUT2D eigenvalue weighted by molar-refractivity contribution is 8.30. The van der Waals surface area contributed by atoms with Crippen LogP contribution in [0.15, 0.2) is 0 Å². The first-order chi connectivity index (χ1) is 7.82. The Labute approximate surface area is 109 Å². The van der Waals surface area contributed by atoms with Crippen molar-refractivity contribution in [3.05, 3.63) is 0 Å². The summed E-state index contributed by atoms with van der Waals surface area (Å²) in [5.41, 5.74) is 0. The van der Waals surface area contributed by atoms with Crippen molar-refractivity contribution in [1.29, 1.82) is 0 Å². The van der Waals surface area contributed by atoms with Gasteiger partial charge in [0, 0.05) is 10.7 Å². The van der Waals surface area contributed by atoms with Gasteiger partial charge >= 0.3 is 0 Å². The van der Waals surface area contributed by atoms with E-state index in [1.807, 2.05) is 0 Å². The molecule has 17 heavy (non-hydrogen) atoms. The van der Waals surface area contributed by atoms with Gasteiger partial charge in [-0.2, -0.15) is 0 Å². The number of terminal acetylenes is 1. The summed E-state index contributed by atoms with van der Waals surface area (Å²) < 4.78 is 6.77. The molecule has 1 aliphatic carbocycles. The maximum atomic E-state index is 6.51. The summed E-state index contributed by atoms with van der Waals surface area (Å²) in [6.45, 7) is 9.15. The molecule has 0 saturated heterocycles. The van der Waals surface area contributed by atoms with E-state index < -0.39 is 10.3 Å². The summed E-state index contributed by atoms with van der Waals surface area (Å²) in [6.07, 6.45) is 12.9. The zero-order valence-corrected chi connectivity index (χ0v) is 12.9. The molecule has 0 aromatic rings. The third-order valence-corrected chi connectivity index (χ3v) is 8.45. The fourth-order valence-corrected chi connectivity index (χ4v) is 4.40. The SMILES string of the molecule is C#C[C@@H]1CCC[C@@H](OS(C)(CC)C(C)(C)C)C1. The van der Waals surface area contributed by atoms with Crippen molar-refractivity contribution >= 4 is 10.3 Å². The summed E-state index contributed by atoms with van der Waals surface area (Å²) in [4.78, 5) is 0. The highest BCUT2D eigenvalue weighted by Crippen LogP contribution is 2.58. The molecule has 0 bridgehead atoms. The van der Waals surface area contributed by atoms with Gasteiger partial charge in [0.15, 0.2) is 0 Å². The van der Waals surface area contributed by atoms with Crippen molar-refractivity contribution in [3.63, 3.8) is 0 Å². The van der Waals surface area contributed by atoms with Gasteiger partial charge in [-0.3, -0.25) is 0 Å². The van der Waals surface area contributed by atoms with Crippen molar-refractivity contribution < 1.29 is 4.18 Å². The van der Waals surface area contributed by atoms with Gasteiger partial charge in [-0.05, 0) is 37.7 Å². The molecular weight excluding hydrogens is 228 g/mol. The van der Waals surface area contributed by atoms with E-state index >= 15 is 0 Å². The molecule has 1 aliphatic rings. The van der Waals surface area contributed by atoms with E-state index in [1.165, 1.54) is 19.3 Å². The molecule has 1 fully saturated rings. The zero-order chi connectivity index (χ0) is 13.1. The lowest BCUT2D eigenvalue weighted by molar-refractivity contribution is 0.155. The molecule has 2 heteroatoms. The van der Waals surface area contributed by atoms with Gasteiger partial charge in [-0.15, -0.1) is 22.7 Å². The number of hydrogen-bond acceptors (Lipinski definition) is 1. The highest BCUT2D eigenvalue weighted by atomic mass is 32.3. The van der Waals surface area contributed by atoms with Crippen molar-refractivity contribution in [3.8, 4) is 12.3 Å². The smallest absolute Gasteiger partial charge is 0.0712 e. The average Bonchev–Trinajstić information content (AvgIpc) is 2.27. The first kappa shape index (κ1) is 14.9. The molecule has 0 radical (unpaired) electrons. The van der Waals surface area contributed by atoms with Crippen molar-refractivity contribution in [2.45, 2.75) is 64.2 Å². The normalized spacial score (nSPS) is 31.3. The lowest BCUT2D eigenvalue weighted by Crippen LogP contribution is -2.33. The number of rotatable bonds is 3. The fourth-order valence-electron chi connectivity index (χ4n) is 2.33. The van der Waals surface area contributed by atoms with Crippen LogP contribution >= 0.6 is 10.3 Å². The molecule has 0 aliphatic heterocycles. The Hall–Kier alpha value is -0.130. The first-order valence-corrected chi connectivity index (χ1v) is 8.86. The minimum Gasteiger partial charge on any atom is -0.333 e. The zero-order valence-electron chi connectivity index (χ0n) is 12.1. The van der Waals surface area contributed by atoms with Gasteiger partial charge in [-0.1, -0.05) is 27.7 Å². The lowest BCUT2D eigenvalue weighted by atomic mass is 9.88. The van der Waals surface area contributed by atoms with Crippen LogP contribution in [-0.2, 0) is 4.18 Å². The van der Waals surface area contributed by atoms with Crippen LogP contribution in [-0.4, -0.2) is 22.9 Å². The third-order valence-electron chi connectivity index (χ3n) is 4.06. The maximum absolute atomic E-state index is 6.51. The van der Waals surface area contributed by atoms with E-state index in [0.29, 0.717) is 12.0 Å². The Kier molecular flexibility index (Phi) is 4.98. The molecule has 0 aromatic carbocycles. The molecule has 0 N–H and O–H groups in total. The van der Waals surface area contributed by atoms with E-state index in [2.05, 4.69) is 39.9 Å². The molecule has 0 heterocycles. The van der Waals surface area contributed by atoms with Crippen LogP contribution in [0.5, 0.6) is 0 Å². The summed E-state index contributed by atoms with van der Waals surface area (Å²) in [6, 6.07) is 0. The standard InChI is InChI=1S/C15H28OS/c1-7-13-10-9-11-14(12-13)16-17(6,8-2)15(3,4)5/h1,13-14H,8-12H2,2-6H3/t13-,14-/m1/s1. The van der Waals surface area contributed by atoms with E-state index in [1.54, 1.807) is 0 Å². The second kappa shape index (κ2) is 5.67. The predicted molar refractivity (Wildman–Crippen MR) is 79.5 cm³/mol. The molecule has 1 nitrogen and oxygen atoms in total. The first-order valence-electron chi connectivity index (χ1n) is 6.72. The molecule has 0 aromatic heterocycles. The van der Waals surface area contributed by atoms with E-state index in [4.69, 9.17) is 10.6 Å². The van der Waals surface area contributed by atoms with Crippen molar-refractivity contribution in [2.24, 2.45) is 5.92 Å². The minimum atomic E-state index is -0.993. The van der Waals surface area contributed by atoms with Crippen LogP contribution in [0.3, 0.4) is 0 Å². The second-order valence-corrected chi connectivity index (χ2v) is 10.2. The molecule has 1 unspecified atom stereocenters. The van der Waals surface area contributed by atoms with Crippen LogP contribution in [0.2, 0.25) is 0 Å². The van der Waals surface area contributed by atoms with Crippen molar-refractivity contribution in [2.75, 3.05) is 12.0 Å². The molecular formula is C15H28OS. The third kappa shape index (κ3) is 3.66. The van der Waals surface area contributed by atoms with Gasteiger partial charge in [0.05, 0.1) is 6.10 Å². The Morgan fingerprint density at radius 3 is 2.47 bits per heavy atom. The molecule has 0 spiro atoms. The van der Waals surface area contributed by atoms with Gasteiger partial charge in [0.2, 0.25) is 0 Å². The molecule has 0 amide bonds. The van der Waals surface area contributed by atoms with E-state index in [-0.39, 0.29) is 4.75 Å². The lowest BCUT2D eigenvalue weighted by Gasteiger charge is -2.49. The Morgan fingerprint density at radius 2 is 2.00 bits per heavy atom. The van der Waals surface area contributed by atoms with Crippen LogP contribution in [0.25, 0.3) is 0 Å².